The predicted octanol–water partition coefficient (Wildman–Crippen LogP) is 2.37. The van der Waals surface area contributed by atoms with Gasteiger partial charge in [-0.15, -0.1) is 5.10 Å². The Hall–Kier alpha value is -2.84. The Morgan fingerprint density at radius 1 is 1.00 bits per heavy atom. The molecule has 1 saturated heterocycles. The molecular weight excluding hydrogens is 371 g/mol. The van der Waals surface area contributed by atoms with Crippen molar-refractivity contribution in [3.8, 4) is 0 Å². The third-order valence-electron chi connectivity index (χ3n) is 5.30. The minimum Gasteiger partial charge on any atom is -0.383 e. The van der Waals surface area contributed by atoms with Crippen molar-refractivity contribution in [1.29, 1.82) is 0 Å². The van der Waals surface area contributed by atoms with E-state index < -0.39 is 0 Å². The first-order chi connectivity index (χ1) is 14.3. The van der Waals surface area contributed by atoms with Crippen molar-refractivity contribution in [3.05, 3.63) is 71.8 Å². The Kier molecular flexibility index (Phi) is 6.12. The molecule has 4 rings (SSSR count). The molecular formula is C21H25FN6O. The van der Waals surface area contributed by atoms with Crippen LogP contribution < -0.4 is 4.90 Å². The quantitative estimate of drug-likeness (QED) is 0.611. The van der Waals surface area contributed by atoms with Crippen molar-refractivity contribution in [2.45, 2.75) is 12.6 Å². The molecule has 1 fully saturated rings. The Morgan fingerprint density at radius 2 is 1.72 bits per heavy atom. The minimum absolute atomic E-state index is 0.0292. The fourth-order valence-electron chi connectivity index (χ4n) is 3.79. The van der Waals surface area contributed by atoms with Crippen molar-refractivity contribution < 1.29 is 9.13 Å². The van der Waals surface area contributed by atoms with Gasteiger partial charge in [-0.2, -0.15) is 0 Å². The van der Waals surface area contributed by atoms with Gasteiger partial charge in [0.05, 0.1) is 19.2 Å². The largest absolute Gasteiger partial charge is 0.383 e. The second-order valence-corrected chi connectivity index (χ2v) is 7.07. The molecule has 152 valence electrons. The average Bonchev–Trinajstić information content (AvgIpc) is 3.22. The first-order valence-electron chi connectivity index (χ1n) is 9.81. The fraction of sp³-hybridized carbons (Fsp3) is 0.381. The molecule has 7 nitrogen and oxygen atoms in total. The number of benzene rings is 2. The Morgan fingerprint density at radius 3 is 2.41 bits per heavy atom. The summed E-state index contributed by atoms with van der Waals surface area (Å²) in [7, 11) is 1.67. The number of methoxy groups -OCH3 is 1. The molecule has 0 bridgehead atoms. The van der Waals surface area contributed by atoms with Crippen molar-refractivity contribution in [1.82, 2.24) is 25.1 Å². The number of tetrazole rings is 1. The van der Waals surface area contributed by atoms with Crippen molar-refractivity contribution >= 4 is 5.69 Å². The van der Waals surface area contributed by atoms with E-state index in [1.165, 1.54) is 12.1 Å². The van der Waals surface area contributed by atoms with Crippen LogP contribution in [0.25, 0.3) is 0 Å². The maximum Gasteiger partial charge on any atom is 0.173 e. The van der Waals surface area contributed by atoms with Crippen LogP contribution in [-0.2, 0) is 11.3 Å². The third-order valence-corrected chi connectivity index (χ3v) is 5.30. The second kappa shape index (κ2) is 9.11. The molecule has 0 N–H and O–H groups in total. The summed E-state index contributed by atoms with van der Waals surface area (Å²) in [4.78, 5) is 4.69. The van der Waals surface area contributed by atoms with Gasteiger partial charge in [0.25, 0.3) is 0 Å². The summed E-state index contributed by atoms with van der Waals surface area (Å²) in [6, 6.07) is 17.0. The molecule has 0 unspecified atom stereocenters. The van der Waals surface area contributed by atoms with Crippen LogP contribution in [0.1, 0.15) is 17.4 Å². The predicted molar refractivity (Wildman–Crippen MR) is 108 cm³/mol. The molecule has 1 atom stereocenters. The maximum absolute atomic E-state index is 13.2. The SMILES string of the molecule is COCCn1nnnc1[C@H](c1ccccc1)N1CCN(c2ccc(F)cc2)CC1. The Bertz CT molecular complexity index is 893. The topological polar surface area (TPSA) is 59.3 Å². The highest BCUT2D eigenvalue weighted by Gasteiger charge is 2.30. The van der Waals surface area contributed by atoms with Gasteiger partial charge in [-0.25, -0.2) is 9.07 Å². The zero-order valence-corrected chi connectivity index (χ0v) is 16.5. The number of rotatable bonds is 7. The monoisotopic (exact) mass is 396 g/mol. The van der Waals surface area contributed by atoms with Gasteiger partial charge in [0, 0.05) is 39.0 Å². The van der Waals surface area contributed by atoms with Crippen LogP contribution in [0.3, 0.4) is 0 Å². The van der Waals surface area contributed by atoms with Crippen LogP contribution in [0.5, 0.6) is 0 Å². The van der Waals surface area contributed by atoms with Crippen LogP contribution in [0.2, 0.25) is 0 Å². The highest BCUT2D eigenvalue weighted by Crippen LogP contribution is 2.29. The van der Waals surface area contributed by atoms with E-state index in [2.05, 4.69) is 37.5 Å². The number of ether oxygens (including phenoxy) is 1. The van der Waals surface area contributed by atoms with E-state index in [4.69, 9.17) is 4.74 Å². The van der Waals surface area contributed by atoms with E-state index in [1.54, 1.807) is 7.11 Å². The van der Waals surface area contributed by atoms with Crippen LogP contribution in [0.15, 0.2) is 54.6 Å². The van der Waals surface area contributed by atoms with Crippen LogP contribution in [0.4, 0.5) is 10.1 Å². The molecule has 2 aromatic carbocycles. The van der Waals surface area contributed by atoms with Gasteiger partial charge < -0.3 is 9.64 Å². The van der Waals surface area contributed by atoms with Gasteiger partial charge in [-0.05, 0) is 40.3 Å². The lowest BCUT2D eigenvalue weighted by atomic mass is 10.0. The normalized spacial score (nSPS) is 16.1. The number of hydrogen-bond acceptors (Lipinski definition) is 6. The Labute approximate surface area is 169 Å². The third kappa shape index (κ3) is 4.44. The summed E-state index contributed by atoms with van der Waals surface area (Å²) in [5, 5.41) is 12.4. The molecule has 0 radical (unpaired) electrons. The number of anilines is 1. The van der Waals surface area contributed by atoms with E-state index in [0.717, 1.165) is 43.3 Å². The van der Waals surface area contributed by atoms with Crippen LogP contribution in [0, 0.1) is 5.82 Å². The van der Waals surface area contributed by atoms with Gasteiger partial charge in [0.15, 0.2) is 5.82 Å². The lowest BCUT2D eigenvalue weighted by Crippen LogP contribution is -2.48. The molecule has 1 aromatic heterocycles. The number of nitrogens with zero attached hydrogens (tertiary/aromatic N) is 6. The summed E-state index contributed by atoms with van der Waals surface area (Å²) in [5.41, 5.74) is 2.21. The molecule has 0 amide bonds. The van der Waals surface area contributed by atoms with Crippen molar-refractivity contribution in [3.63, 3.8) is 0 Å². The van der Waals surface area contributed by atoms with E-state index in [1.807, 2.05) is 35.0 Å². The van der Waals surface area contributed by atoms with Crippen LogP contribution >= 0.6 is 0 Å². The molecule has 2 heterocycles. The van der Waals surface area contributed by atoms with Gasteiger partial charge in [-0.3, -0.25) is 4.90 Å². The van der Waals surface area contributed by atoms with E-state index in [-0.39, 0.29) is 11.9 Å². The average molecular weight is 396 g/mol. The van der Waals surface area contributed by atoms with E-state index in [0.29, 0.717) is 13.2 Å². The van der Waals surface area contributed by atoms with Crippen LogP contribution in [-0.4, -0.2) is 65.0 Å². The number of piperazine rings is 1. The first-order valence-corrected chi connectivity index (χ1v) is 9.81. The highest BCUT2D eigenvalue weighted by atomic mass is 19.1. The molecule has 29 heavy (non-hydrogen) atoms. The number of halogens is 1. The van der Waals surface area contributed by atoms with Gasteiger partial charge in [0.2, 0.25) is 0 Å². The molecule has 1 aliphatic heterocycles. The lowest BCUT2D eigenvalue weighted by molar-refractivity contribution is 0.172. The van der Waals surface area contributed by atoms with Gasteiger partial charge >= 0.3 is 0 Å². The maximum atomic E-state index is 13.2. The van der Waals surface area contributed by atoms with Gasteiger partial charge in [0.1, 0.15) is 5.82 Å². The smallest absolute Gasteiger partial charge is 0.173 e. The minimum atomic E-state index is -0.209. The van der Waals surface area contributed by atoms with E-state index >= 15 is 0 Å². The molecule has 0 spiro atoms. The van der Waals surface area contributed by atoms with Gasteiger partial charge in [-0.1, -0.05) is 30.3 Å². The van der Waals surface area contributed by atoms with Crippen molar-refractivity contribution in [2.24, 2.45) is 0 Å². The molecule has 1 aliphatic rings. The lowest BCUT2D eigenvalue weighted by Gasteiger charge is -2.39. The van der Waals surface area contributed by atoms with E-state index in [9.17, 15) is 4.39 Å². The summed E-state index contributed by atoms with van der Waals surface area (Å²) >= 11 is 0. The zero-order chi connectivity index (χ0) is 20.1. The standard InChI is InChI=1S/C21H25FN6O/c1-29-16-15-28-21(23-24-25-28)20(17-5-3-2-4-6-17)27-13-11-26(12-14-27)19-9-7-18(22)8-10-19/h2-10,20H,11-16H2,1H3/t20-/m0/s1. The summed E-state index contributed by atoms with van der Waals surface area (Å²) in [6.07, 6.45) is 0. The molecule has 0 aliphatic carbocycles. The fourth-order valence-corrected chi connectivity index (χ4v) is 3.79. The zero-order valence-electron chi connectivity index (χ0n) is 16.5. The molecule has 0 saturated carbocycles. The number of aromatic nitrogens is 4. The molecule has 3 aromatic rings. The highest BCUT2D eigenvalue weighted by molar-refractivity contribution is 5.46. The summed E-state index contributed by atoms with van der Waals surface area (Å²) < 4.78 is 20.3. The summed E-state index contributed by atoms with van der Waals surface area (Å²) in [6.45, 7) is 4.58. The summed E-state index contributed by atoms with van der Waals surface area (Å²) in [5.74, 6) is 0.614. The molecule has 8 heteroatoms. The number of hydrogen-bond donors (Lipinski definition) is 0. The first kappa shape index (κ1) is 19.5. The second-order valence-electron chi connectivity index (χ2n) is 7.07. The Balaban J connectivity index is 1.55. The van der Waals surface area contributed by atoms with Crippen molar-refractivity contribution in [2.75, 3.05) is 44.8 Å².